The molecule has 0 aromatic carbocycles. The number of rotatable bonds is 1. The molecule has 0 fully saturated rings. The summed E-state index contributed by atoms with van der Waals surface area (Å²) in [5.41, 5.74) is 6.11. The van der Waals surface area contributed by atoms with Gasteiger partial charge in [-0.15, -0.1) is 0 Å². The van der Waals surface area contributed by atoms with Crippen LogP contribution in [0.3, 0.4) is 0 Å². The molecule has 0 heterocycles. The molecule has 0 saturated carbocycles. The topological polar surface area (TPSA) is 50.1 Å². The zero-order valence-electron chi connectivity index (χ0n) is 2.90. The first-order valence-corrected chi connectivity index (χ1v) is 2.74. The van der Waals surface area contributed by atoms with E-state index in [1.807, 2.05) is 22.6 Å². The normalized spacial score (nSPS) is 7.50. The number of hydrogen-bond acceptors (Lipinski definition) is 2. The number of alkyl halides is 1. The fraction of sp³-hybridized carbons (Fsp3) is 0.500. The average Bonchev–Trinajstić information content (AvgIpc) is 1.35. The van der Waals surface area contributed by atoms with Crippen molar-refractivity contribution < 1.29 is 9.53 Å². The lowest BCUT2D eigenvalue weighted by atomic mass is 11.3. The molecule has 0 rings (SSSR count). The van der Waals surface area contributed by atoms with Gasteiger partial charge in [0.25, 0.3) is 0 Å². The zero-order chi connectivity index (χ0) is 4.99. The fourth-order valence-electron chi connectivity index (χ4n) is 0.0495. The van der Waals surface area contributed by atoms with E-state index in [0.29, 0.717) is 0 Å². The second-order valence-electron chi connectivity index (χ2n) is 0.541. The molecule has 0 unspecified atom stereocenters. The van der Waals surface area contributed by atoms with E-state index in [1.54, 1.807) is 0 Å². The van der Waals surface area contributed by atoms with E-state index < -0.39 is 6.09 Å². The maximum absolute atomic E-state index is 9.48. The lowest BCUT2D eigenvalue weighted by molar-refractivity contribution is 0.178. The molecule has 0 bridgehead atoms. The maximum Gasteiger partial charge on any atom is 0.426 e. The molecule has 6 heavy (non-hydrogen) atoms. The Morgan fingerprint density at radius 2 is 2.50 bits per heavy atom. The van der Waals surface area contributed by atoms with Crippen molar-refractivity contribution in [3.05, 3.63) is 0 Å². The Kier molecular flexibility index (Phi) is 3.20. The van der Waals surface area contributed by atoms with Crippen LogP contribution in [-0.4, -0.2) is 10.7 Å². The van der Waals surface area contributed by atoms with Gasteiger partial charge in [0.2, 0.25) is 0 Å². The van der Waals surface area contributed by atoms with Crippen molar-refractivity contribution in [1.29, 1.82) is 0 Å². The van der Waals surface area contributed by atoms with Crippen molar-refractivity contribution >= 4 is 28.7 Å². The molecule has 0 aliphatic carbocycles. The summed E-state index contributed by atoms with van der Waals surface area (Å²) < 4.78 is 4.32. The third kappa shape index (κ3) is 4.00. The van der Waals surface area contributed by atoms with Gasteiger partial charge in [-0.1, -0.05) is 0 Å². The SMILES string of the molecule is [NH]C(=O)OCI. The summed E-state index contributed by atoms with van der Waals surface area (Å²) >= 11 is 1.84. The van der Waals surface area contributed by atoms with Crippen LogP contribution in [0.5, 0.6) is 0 Å². The number of nitrogens with one attached hydrogen (secondary N) is 1. The first-order valence-electron chi connectivity index (χ1n) is 1.21. The average molecular weight is 200 g/mol. The van der Waals surface area contributed by atoms with Crippen molar-refractivity contribution in [1.82, 2.24) is 5.73 Å². The van der Waals surface area contributed by atoms with E-state index in [2.05, 4.69) is 4.74 Å². The van der Waals surface area contributed by atoms with Crippen molar-refractivity contribution in [2.75, 3.05) is 4.61 Å². The van der Waals surface area contributed by atoms with E-state index in [1.165, 1.54) is 0 Å². The van der Waals surface area contributed by atoms with Gasteiger partial charge >= 0.3 is 6.09 Å². The highest BCUT2D eigenvalue weighted by molar-refractivity contribution is 14.1. The van der Waals surface area contributed by atoms with Crippen molar-refractivity contribution in [2.24, 2.45) is 0 Å². The van der Waals surface area contributed by atoms with Gasteiger partial charge in [0.1, 0.15) is 4.61 Å². The highest BCUT2D eigenvalue weighted by Crippen LogP contribution is 1.81. The Morgan fingerprint density at radius 3 is 2.50 bits per heavy atom. The van der Waals surface area contributed by atoms with Crippen molar-refractivity contribution in [3.8, 4) is 0 Å². The molecule has 0 saturated heterocycles. The van der Waals surface area contributed by atoms with Crippen LogP contribution in [0.25, 0.3) is 0 Å². The Bertz CT molecular complexity index is 55.5. The Morgan fingerprint density at radius 1 is 2.00 bits per heavy atom. The standard InChI is InChI=1S/C2H3INO2/c3-1-6-2(4)5/h4H,1H2. The summed E-state index contributed by atoms with van der Waals surface area (Å²) in [6, 6.07) is 0. The molecule has 0 aromatic rings. The molecule has 0 aliphatic heterocycles. The van der Waals surface area contributed by atoms with Gasteiger partial charge in [0.05, 0.1) is 0 Å². The van der Waals surface area contributed by atoms with Crippen LogP contribution in [0.15, 0.2) is 0 Å². The van der Waals surface area contributed by atoms with Gasteiger partial charge in [-0.25, -0.2) is 10.5 Å². The van der Waals surface area contributed by atoms with Crippen LogP contribution in [0.2, 0.25) is 0 Å². The molecule has 4 heteroatoms. The summed E-state index contributed by atoms with van der Waals surface area (Å²) in [6.07, 6.45) is -0.968. The van der Waals surface area contributed by atoms with Crippen LogP contribution in [-0.2, 0) is 4.74 Å². The van der Waals surface area contributed by atoms with Gasteiger partial charge in [-0.3, -0.25) is 0 Å². The molecule has 1 radical (unpaired) electrons. The Hall–Kier alpha value is 0. The third-order valence-electron chi connectivity index (χ3n) is 0.186. The van der Waals surface area contributed by atoms with Gasteiger partial charge in [-0.05, 0) is 22.6 Å². The van der Waals surface area contributed by atoms with E-state index >= 15 is 0 Å². The predicted molar refractivity (Wildman–Crippen MR) is 28.5 cm³/mol. The summed E-state index contributed by atoms with van der Waals surface area (Å²) in [6.45, 7) is 0. The molecule has 0 aliphatic rings. The maximum atomic E-state index is 9.48. The van der Waals surface area contributed by atoms with E-state index in [9.17, 15) is 4.79 Å². The predicted octanol–water partition coefficient (Wildman–Crippen LogP) is 0.798. The first kappa shape index (κ1) is 6.00. The summed E-state index contributed by atoms with van der Waals surface area (Å²) in [5, 5.41) is 0. The van der Waals surface area contributed by atoms with Crippen LogP contribution >= 0.6 is 22.6 Å². The third-order valence-corrected chi connectivity index (χ3v) is 0.497. The molecular formula is C2H3INO2. The van der Waals surface area contributed by atoms with E-state index in [0.717, 1.165) is 0 Å². The van der Waals surface area contributed by atoms with Crippen molar-refractivity contribution in [2.45, 2.75) is 0 Å². The lowest BCUT2D eigenvalue weighted by Gasteiger charge is -1.86. The molecule has 0 aromatic heterocycles. The molecular weight excluding hydrogens is 197 g/mol. The minimum Gasteiger partial charge on any atom is -0.438 e. The summed E-state index contributed by atoms with van der Waals surface area (Å²) in [5.74, 6) is 0. The zero-order valence-corrected chi connectivity index (χ0v) is 5.06. The fourth-order valence-corrected chi connectivity index (χ4v) is 0.332. The largest absolute Gasteiger partial charge is 0.438 e. The minimum atomic E-state index is -0.968. The van der Waals surface area contributed by atoms with E-state index in [4.69, 9.17) is 5.73 Å². The Labute approximate surface area is 49.0 Å². The number of carbonyl (C=O) groups is 1. The molecule has 35 valence electrons. The van der Waals surface area contributed by atoms with Gasteiger partial charge in [0, 0.05) is 0 Å². The lowest BCUT2D eigenvalue weighted by Crippen LogP contribution is -1.98. The second-order valence-corrected chi connectivity index (χ2v) is 1.16. The van der Waals surface area contributed by atoms with E-state index in [-0.39, 0.29) is 4.61 Å². The van der Waals surface area contributed by atoms with Crippen molar-refractivity contribution in [3.63, 3.8) is 0 Å². The second kappa shape index (κ2) is 3.20. The summed E-state index contributed by atoms with van der Waals surface area (Å²) in [4.78, 5) is 9.48. The van der Waals surface area contributed by atoms with Crippen LogP contribution < -0.4 is 5.73 Å². The molecule has 1 N–H and O–H groups in total. The molecule has 0 spiro atoms. The quantitative estimate of drug-likeness (QED) is 0.464. The molecule has 1 amide bonds. The number of carbonyl (C=O) groups excluding carboxylic acids is 1. The number of hydrogen-bond donors (Lipinski definition) is 0. The highest BCUT2D eigenvalue weighted by atomic mass is 127. The van der Waals surface area contributed by atoms with Crippen LogP contribution in [0.1, 0.15) is 0 Å². The van der Waals surface area contributed by atoms with Gasteiger partial charge in [0.15, 0.2) is 0 Å². The highest BCUT2D eigenvalue weighted by Gasteiger charge is 1.85. The Balaban J connectivity index is 2.83. The summed E-state index contributed by atoms with van der Waals surface area (Å²) in [7, 11) is 0. The smallest absolute Gasteiger partial charge is 0.426 e. The van der Waals surface area contributed by atoms with Crippen LogP contribution in [0, 0.1) is 0 Å². The van der Waals surface area contributed by atoms with Gasteiger partial charge in [-0.2, -0.15) is 0 Å². The monoisotopic (exact) mass is 200 g/mol. The first-order chi connectivity index (χ1) is 2.77. The van der Waals surface area contributed by atoms with Crippen LogP contribution in [0.4, 0.5) is 4.79 Å². The number of halogens is 1. The molecule has 0 atom stereocenters. The number of amides is 1. The molecule has 3 nitrogen and oxygen atoms in total. The minimum absolute atomic E-state index is 0.264. The van der Waals surface area contributed by atoms with Gasteiger partial charge < -0.3 is 4.74 Å². The number of ether oxygens (including phenoxy) is 1.